The van der Waals surface area contributed by atoms with Gasteiger partial charge in [-0.3, -0.25) is 24.2 Å². The first-order valence-corrected chi connectivity index (χ1v) is 11.4. The zero-order valence-electron chi connectivity index (χ0n) is 20.6. The van der Waals surface area contributed by atoms with Gasteiger partial charge in [-0.1, -0.05) is 34.1 Å². The summed E-state index contributed by atoms with van der Waals surface area (Å²) >= 11 is 0. The first-order chi connectivity index (χ1) is 16.2. The molecule has 0 aromatic carbocycles. The van der Waals surface area contributed by atoms with Crippen molar-refractivity contribution in [3.63, 3.8) is 0 Å². The summed E-state index contributed by atoms with van der Waals surface area (Å²) in [4.78, 5) is 64.4. The van der Waals surface area contributed by atoms with E-state index in [-0.39, 0.29) is 24.8 Å². The Kier molecular flexibility index (Phi) is 14.0. The summed E-state index contributed by atoms with van der Waals surface area (Å²) in [5, 5.41) is 25.7. The molecule has 3 amide bonds. The monoisotopic (exact) mass is 501 g/mol. The molecule has 200 valence electrons. The molecule has 0 aromatic heterocycles. The van der Waals surface area contributed by atoms with Gasteiger partial charge in [-0.15, -0.1) is 0 Å². The highest BCUT2D eigenvalue weighted by atomic mass is 16.4. The third kappa shape index (κ3) is 12.0. The van der Waals surface area contributed by atoms with Crippen molar-refractivity contribution >= 4 is 35.6 Å². The van der Waals surface area contributed by atoms with Gasteiger partial charge in [0.2, 0.25) is 17.7 Å². The second kappa shape index (κ2) is 15.5. The van der Waals surface area contributed by atoms with E-state index in [0.29, 0.717) is 12.8 Å². The number of aliphatic carboxylic acids is 2. The molecule has 14 nitrogen and oxygen atoms in total. The van der Waals surface area contributed by atoms with E-state index < -0.39 is 66.2 Å². The number of amides is 3. The lowest BCUT2D eigenvalue weighted by Gasteiger charge is -2.27. The summed E-state index contributed by atoms with van der Waals surface area (Å²) in [5.74, 6) is -5.69. The summed E-state index contributed by atoms with van der Waals surface area (Å²) in [6.45, 7) is 6.92. The molecule has 0 saturated heterocycles. The van der Waals surface area contributed by atoms with Crippen LogP contribution in [0.4, 0.5) is 0 Å². The van der Waals surface area contributed by atoms with Crippen molar-refractivity contribution in [3.05, 3.63) is 0 Å². The van der Waals surface area contributed by atoms with E-state index in [1.807, 2.05) is 0 Å². The highest BCUT2D eigenvalue weighted by molar-refractivity contribution is 5.94. The molecule has 0 aliphatic rings. The average molecular weight is 502 g/mol. The number of aliphatic imine (C=N–C) groups is 1. The molecule has 0 saturated carbocycles. The van der Waals surface area contributed by atoms with Crippen LogP contribution in [-0.4, -0.2) is 76.5 Å². The maximum absolute atomic E-state index is 13.0. The van der Waals surface area contributed by atoms with E-state index in [2.05, 4.69) is 20.9 Å². The molecule has 11 N–H and O–H groups in total. The average Bonchev–Trinajstić information content (AvgIpc) is 2.75. The standard InChI is InChI=1S/C21H39N7O7/c1-5-11(4)16(20(34)35)28-18(32)13(7-6-8-25-21(23)24)26-19(33)15(10(2)3)27-17(31)12(22)9-14(29)30/h10-13,15-16H,5-9,22H2,1-4H3,(H,26,33)(H,27,31)(H,28,32)(H,29,30)(H,34,35)(H4,23,24,25). The lowest BCUT2D eigenvalue weighted by molar-refractivity contribution is -0.144. The van der Waals surface area contributed by atoms with Crippen molar-refractivity contribution < 1.29 is 34.2 Å². The topological polar surface area (TPSA) is 252 Å². The van der Waals surface area contributed by atoms with Crippen molar-refractivity contribution in [2.75, 3.05) is 6.54 Å². The van der Waals surface area contributed by atoms with E-state index >= 15 is 0 Å². The summed E-state index contributed by atoms with van der Waals surface area (Å²) < 4.78 is 0. The second-order valence-corrected chi connectivity index (χ2v) is 8.65. The van der Waals surface area contributed by atoms with E-state index in [4.69, 9.17) is 22.3 Å². The largest absolute Gasteiger partial charge is 0.481 e. The van der Waals surface area contributed by atoms with E-state index in [1.54, 1.807) is 27.7 Å². The number of hydrogen-bond donors (Lipinski definition) is 8. The van der Waals surface area contributed by atoms with Gasteiger partial charge in [0.1, 0.15) is 18.1 Å². The lowest BCUT2D eigenvalue weighted by Crippen LogP contribution is -2.59. The minimum Gasteiger partial charge on any atom is -0.481 e. The normalized spacial score (nSPS) is 15.1. The number of nitrogens with zero attached hydrogens (tertiary/aromatic N) is 1. The Hall–Kier alpha value is -3.42. The molecule has 0 fully saturated rings. The number of carboxylic acids is 2. The van der Waals surface area contributed by atoms with Gasteiger partial charge >= 0.3 is 11.9 Å². The molecule has 5 unspecified atom stereocenters. The van der Waals surface area contributed by atoms with Crippen LogP contribution < -0.4 is 33.2 Å². The Morgan fingerprint density at radius 2 is 1.46 bits per heavy atom. The van der Waals surface area contributed by atoms with E-state index in [0.717, 1.165) is 0 Å². The second-order valence-electron chi connectivity index (χ2n) is 8.65. The van der Waals surface area contributed by atoms with Crippen LogP contribution in [0.3, 0.4) is 0 Å². The van der Waals surface area contributed by atoms with Gasteiger partial charge in [0.05, 0.1) is 12.5 Å². The maximum Gasteiger partial charge on any atom is 0.326 e. The van der Waals surface area contributed by atoms with Gasteiger partial charge in [-0.05, 0) is 24.7 Å². The molecular weight excluding hydrogens is 462 g/mol. The highest BCUT2D eigenvalue weighted by Gasteiger charge is 2.33. The van der Waals surface area contributed by atoms with Crippen LogP contribution in [0.5, 0.6) is 0 Å². The van der Waals surface area contributed by atoms with Gasteiger partial charge in [-0.25, -0.2) is 4.79 Å². The molecule has 0 aliphatic carbocycles. The number of carbonyl (C=O) groups is 5. The minimum absolute atomic E-state index is 0.0818. The van der Waals surface area contributed by atoms with Crippen LogP contribution in [-0.2, 0) is 24.0 Å². The summed E-state index contributed by atoms with van der Waals surface area (Å²) in [6.07, 6.45) is 0.245. The van der Waals surface area contributed by atoms with Gasteiger partial charge in [0.25, 0.3) is 0 Å². The van der Waals surface area contributed by atoms with Crippen LogP contribution in [0.15, 0.2) is 4.99 Å². The fourth-order valence-corrected chi connectivity index (χ4v) is 3.05. The maximum atomic E-state index is 13.0. The van der Waals surface area contributed by atoms with Crippen molar-refractivity contribution in [2.45, 2.75) is 77.5 Å². The van der Waals surface area contributed by atoms with Gasteiger partial charge in [0.15, 0.2) is 5.96 Å². The van der Waals surface area contributed by atoms with Gasteiger partial charge in [0, 0.05) is 6.54 Å². The quantitative estimate of drug-likeness (QED) is 0.0661. The number of carbonyl (C=O) groups excluding carboxylic acids is 3. The first-order valence-electron chi connectivity index (χ1n) is 11.4. The molecule has 0 bridgehead atoms. The molecule has 0 radical (unpaired) electrons. The Balaban J connectivity index is 5.62. The number of nitrogens with two attached hydrogens (primary N) is 3. The molecule has 14 heteroatoms. The van der Waals surface area contributed by atoms with Crippen LogP contribution in [0.2, 0.25) is 0 Å². The van der Waals surface area contributed by atoms with Crippen LogP contribution in [0.25, 0.3) is 0 Å². The van der Waals surface area contributed by atoms with Crippen LogP contribution >= 0.6 is 0 Å². The van der Waals surface area contributed by atoms with Crippen molar-refractivity contribution in [1.29, 1.82) is 0 Å². The molecule has 0 rings (SSSR count). The van der Waals surface area contributed by atoms with Crippen molar-refractivity contribution in [2.24, 2.45) is 34.0 Å². The number of guanidine groups is 1. The molecule has 5 atom stereocenters. The number of rotatable bonds is 16. The minimum atomic E-state index is -1.37. The number of nitrogens with one attached hydrogen (secondary N) is 3. The smallest absolute Gasteiger partial charge is 0.326 e. The number of hydrogen-bond acceptors (Lipinski definition) is 7. The predicted molar refractivity (Wildman–Crippen MR) is 128 cm³/mol. The van der Waals surface area contributed by atoms with Crippen molar-refractivity contribution in [1.82, 2.24) is 16.0 Å². The third-order valence-electron chi connectivity index (χ3n) is 5.33. The third-order valence-corrected chi connectivity index (χ3v) is 5.33. The molecule has 0 spiro atoms. The fraction of sp³-hybridized carbons (Fsp3) is 0.714. The Labute approximate surface area is 204 Å². The molecule has 35 heavy (non-hydrogen) atoms. The number of carboxylic acid groups (broad SMARTS) is 2. The van der Waals surface area contributed by atoms with Crippen LogP contribution in [0, 0.1) is 11.8 Å². The highest BCUT2D eigenvalue weighted by Crippen LogP contribution is 2.10. The summed E-state index contributed by atoms with van der Waals surface area (Å²) in [6, 6.07) is -4.81. The van der Waals surface area contributed by atoms with E-state index in [1.165, 1.54) is 0 Å². The Morgan fingerprint density at radius 1 is 0.886 bits per heavy atom. The predicted octanol–water partition coefficient (Wildman–Crippen LogP) is -1.92. The van der Waals surface area contributed by atoms with Crippen molar-refractivity contribution in [3.8, 4) is 0 Å². The Morgan fingerprint density at radius 3 is 1.91 bits per heavy atom. The lowest BCUT2D eigenvalue weighted by atomic mass is 9.98. The summed E-state index contributed by atoms with van der Waals surface area (Å²) in [5.41, 5.74) is 16.2. The molecule has 0 aliphatic heterocycles. The van der Waals surface area contributed by atoms with Gasteiger partial charge in [-0.2, -0.15) is 0 Å². The summed E-state index contributed by atoms with van der Waals surface area (Å²) in [7, 11) is 0. The van der Waals surface area contributed by atoms with Crippen LogP contribution in [0.1, 0.15) is 53.4 Å². The molecule has 0 heterocycles. The SMILES string of the molecule is CCC(C)C(NC(=O)C(CCCN=C(N)N)NC(=O)C(NC(=O)C(N)CC(=O)O)C(C)C)C(=O)O. The first kappa shape index (κ1) is 31.6. The van der Waals surface area contributed by atoms with Gasteiger partial charge < -0.3 is 43.4 Å². The molecular formula is C21H39N7O7. The fourth-order valence-electron chi connectivity index (χ4n) is 3.05. The zero-order chi connectivity index (χ0) is 27.3. The van der Waals surface area contributed by atoms with E-state index in [9.17, 15) is 29.1 Å². The molecule has 0 aromatic rings. The zero-order valence-corrected chi connectivity index (χ0v) is 20.6. The Bertz CT molecular complexity index is 784.